The molecular weight excluding hydrogens is 202 g/mol. The number of hydrogen-bond acceptors (Lipinski definition) is 2. The van der Waals surface area contributed by atoms with E-state index in [1.165, 1.54) is 6.08 Å². The molecule has 0 N–H and O–H groups in total. The van der Waals surface area contributed by atoms with E-state index in [2.05, 4.69) is 0 Å². The lowest BCUT2D eigenvalue weighted by Gasteiger charge is -2.26. The Morgan fingerprint density at radius 3 is 2.50 bits per heavy atom. The SMILES string of the molecule is CC1=CC(=O)CC(=O)N1Cc1ccccc1. The molecule has 0 spiro atoms. The van der Waals surface area contributed by atoms with E-state index in [1.807, 2.05) is 30.3 Å². The molecule has 0 bridgehead atoms. The Morgan fingerprint density at radius 2 is 1.88 bits per heavy atom. The highest BCUT2D eigenvalue weighted by molar-refractivity contribution is 6.07. The van der Waals surface area contributed by atoms with Gasteiger partial charge in [0.2, 0.25) is 5.91 Å². The zero-order chi connectivity index (χ0) is 11.5. The second-order valence-electron chi connectivity index (χ2n) is 3.89. The summed E-state index contributed by atoms with van der Waals surface area (Å²) in [4.78, 5) is 24.5. The van der Waals surface area contributed by atoms with Gasteiger partial charge in [0, 0.05) is 11.8 Å². The van der Waals surface area contributed by atoms with Crippen LogP contribution in [0, 0.1) is 0 Å². The largest absolute Gasteiger partial charge is 0.312 e. The van der Waals surface area contributed by atoms with Crippen molar-refractivity contribution in [1.82, 2.24) is 4.90 Å². The van der Waals surface area contributed by atoms with Gasteiger partial charge in [-0.15, -0.1) is 0 Å². The molecule has 0 aliphatic carbocycles. The molecule has 3 nitrogen and oxygen atoms in total. The molecule has 0 unspecified atom stereocenters. The van der Waals surface area contributed by atoms with E-state index in [4.69, 9.17) is 0 Å². The Kier molecular flexibility index (Phi) is 2.86. The van der Waals surface area contributed by atoms with Gasteiger partial charge in [0.25, 0.3) is 0 Å². The van der Waals surface area contributed by atoms with Crippen LogP contribution in [0.3, 0.4) is 0 Å². The average molecular weight is 215 g/mol. The molecule has 1 aromatic rings. The van der Waals surface area contributed by atoms with Crippen molar-refractivity contribution in [2.75, 3.05) is 0 Å². The van der Waals surface area contributed by atoms with Gasteiger partial charge in [-0.25, -0.2) is 0 Å². The van der Waals surface area contributed by atoms with Crippen molar-refractivity contribution >= 4 is 11.7 Å². The van der Waals surface area contributed by atoms with Crippen LogP contribution in [-0.2, 0) is 16.1 Å². The molecule has 0 fully saturated rings. The van der Waals surface area contributed by atoms with E-state index in [-0.39, 0.29) is 18.1 Å². The Balaban J connectivity index is 2.19. The van der Waals surface area contributed by atoms with Crippen LogP contribution in [0.4, 0.5) is 0 Å². The van der Waals surface area contributed by atoms with Gasteiger partial charge in [0.15, 0.2) is 5.78 Å². The number of carbonyl (C=O) groups is 2. The van der Waals surface area contributed by atoms with Crippen LogP contribution in [0.15, 0.2) is 42.1 Å². The van der Waals surface area contributed by atoms with Gasteiger partial charge in [0.05, 0.1) is 13.0 Å². The lowest BCUT2D eigenvalue weighted by atomic mass is 10.1. The Hall–Kier alpha value is -1.90. The molecule has 82 valence electrons. The second-order valence-corrected chi connectivity index (χ2v) is 3.89. The van der Waals surface area contributed by atoms with Gasteiger partial charge in [-0.1, -0.05) is 30.3 Å². The maximum atomic E-state index is 11.7. The van der Waals surface area contributed by atoms with Crippen LogP contribution in [-0.4, -0.2) is 16.6 Å². The van der Waals surface area contributed by atoms with Crippen LogP contribution < -0.4 is 0 Å². The summed E-state index contributed by atoms with van der Waals surface area (Å²) in [5.41, 5.74) is 1.79. The molecule has 1 amide bonds. The molecule has 2 rings (SSSR count). The summed E-state index contributed by atoms with van der Waals surface area (Å²) < 4.78 is 0. The summed E-state index contributed by atoms with van der Waals surface area (Å²) in [5.74, 6) is -0.222. The van der Waals surface area contributed by atoms with Gasteiger partial charge in [-0.3, -0.25) is 9.59 Å². The van der Waals surface area contributed by atoms with Crippen molar-refractivity contribution in [1.29, 1.82) is 0 Å². The first kappa shape index (κ1) is 10.6. The molecule has 0 aromatic heterocycles. The highest BCUT2D eigenvalue weighted by Gasteiger charge is 2.23. The van der Waals surface area contributed by atoms with Gasteiger partial charge in [-0.2, -0.15) is 0 Å². The quantitative estimate of drug-likeness (QED) is 0.706. The fraction of sp³-hybridized carbons (Fsp3) is 0.231. The van der Waals surface area contributed by atoms with Crippen molar-refractivity contribution in [3.8, 4) is 0 Å². The monoisotopic (exact) mass is 215 g/mol. The fourth-order valence-electron chi connectivity index (χ4n) is 1.78. The molecule has 0 saturated heterocycles. The Labute approximate surface area is 94.4 Å². The minimum atomic E-state index is -0.117. The first-order valence-corrected chi connectivity index (χ1v) is 5.22. The van der Waals surface area contributed by atoms with Gasteiger partial charge >= 0.3 is 0 Å². The number of ketones is 1. The minimum absolute atomic E-state index is 0.00975. The summed E-state index contributed by atoms with van der Waals surface area (Å²) in [6.07, 6.45) is 1.52. The maximum Gasteiger partial charge on any atom is 0.234 e. The number of nitrogens with zero attached hydrogens (tertiary/aromatic N) is 1. The van der Waals surface area contributed by atoms with Crippen LogP contribution >= 0.6 is 0 Å². The number of allylic oxidation sites excluding steroid dienone is 2. The molecule has 0 atom stereocenters. The third kappa shape index (κ3) is 2.19. The third-order valence-corrected chi connectivity index (χ3v) is 2.61. The minimum Gasteiger partial charge on any atom is -0.312 e. The first-order chi connectivity index (χ1) is 7.66. The second kappa shape index (κ2) is 4.31. The fourth-order valence-corrected chi connectivity index (χ4v) is 1.78. The third-order valence-electron chi connectivity index (χ3n) is 2.61. The summed E-state index contributed by atoms with van der Waals surface area (Å²) in [6.45, 7) is 2.33. The number of carbonyl (C=O) groups excluding carboxylic acids is 2. The lowest BCUT2D eigenvalue weighted by Crippen LogP contribution is -2.34. The highest BCUT2D eigenvalue weighted by Crippen LogP contribution is 2.16. The smallest absolute Gasteiger partial charge is 0.234 e. The number of benzene rings is 1. The van der Waals surface area contributed by atoms with E-state index in [1.54, 1.807) is 11.8 Å². The lowest BCUT2D eigenvalue weighted by molar-refractivity contribution is -0.134. The van der Waals surface area contributed by atoms with Crippen molar-refractivity contribution in [2.45, 2.75) is 19.9 Å². The predicted molar refractivity (Wildman–Crippen MR) is 60.4 cm³/mol. The number of rotatable bonds is 2. The molecular formula is C13H13NO2. The Morgan fingerprint density at radius 1 is 1.19 bits per heavy atom. The molecule has 0 radical (unpaired) electrons. The topological polar surface area (TPSA) is 37.4 Å². The Bertz CT molecular complexity index is 448. The van der Waals surface area contributed by atoms with Crippen LogP contribution in [0.5, 0.6) is 0 Å². The average Bonchev–Trinajstić information content (AvgIpc) is 2.25. The number of amides is 1. The van der Waals surface area contributed by atoms with Gasteiger partial charge in [0.1, 0.15) is 0 Å². The molecule has 1 aromatic carbocycles. The summed E-state index contributed by atoms with van der Waals surface area (Å²) in [6, 6.07) is 9.75. The van der Waals surface area contributed by atoms with Crippen LogP contribution in [0.25, 0.3) is 0 Å². The summed E-state index contributed by atoms with van der Waals surface area (Å²) in [7, 11) is 0. The normalized spacial score (nSPS) is 16.3. The zero-order valence-corrected chi connectivity index (χ0v) is 9.14. The van der Waals surface area contributed by atoms with E-state index < -0.39 is 0 Å². The van der Waals surface area contributed by atoms with E-state index in [0.29, 0.717) is 6.54 Å². The highest BCUT2D eigenvalue weighted by atomic mass is 16.2. The molecule has 3 heteroatoms. The van der Waals surface area contributed by atoms with Crippen molar-refractivity contribution in [3.05, 3.63) is 47.7 Å². The zero-order valence-electron chi connectivity index (χ0n) is 9.14. The van der Waals surface area contributed by atoms with Crippen molar-refractivity contribution < 1.29 is 9.59 Å². The van der Waals surface area contributed by atoms with E-state index in [9.17, 15) is 9.59 Å². The molecule has 1 aliphatic heterocycles. The standard InChI is InChI=1S/C13H13NO2/c1-10-7-12(15)8-13(16)14(10)9-11-5-3-2-4-6-11/h2-7H,8-9H2,1H3. The predicted octanol–water partition coefficient (Wildman–Crippen LogP) is 1.89. The molecule has 16 heavy (non-hydrogen) atoms. The maximum absolute atomic E-state index is 11.7. The number of hydrogen-bond donors (Lipinski definition) is 0. The van der Waals surface area contributed by atoms with Gasteiger partial charge in [-0.05, 0) is 12.5 Å². The molecule has 0 saturated carbocycles. The summed E-state index contributed by atoms with van der Waals surface area (Å²) >= 11 is 0. The van der Waals surface area contributed by atoms with Crippen molar-refractivity contribution in [2.24, 2.45) is 0 Å². The molecule has 1 heterocycles. The van der Waals surface area contributed by atoms with E-state index in [0.717, 1.165) is 11.3 Å². The van der Waals surface area contributed by atoms with Crippen LogP contribution in [0.1, 0.15) is 18.9 Å². The molecule has 1 aliphatic rings. The van der Waals surface area contributed by atoms with E-state index >= 15 is 0 Å². The van der Waals surface area contributed by atoms with Crippen molar-refractivity contribution in [3.63, 3.8) is 0 Å². The van der Waals surface area contributed by atoms with Crippen LogP contribution in [0.2, 0.25) is 0 Å². The first-order valence-electron chi connectivity index (χ1n) is 5.22. The van der Waals surface area contributed by atoms with Gasteiger partial charge < -0.3 is 4.90 Å². The summed E-state index contributed by atoms with van der Waals surface area (Å²) in [5, 5.41) is 0.